The van der Waals surface area contributed by atoms with E-state index in [1.165, 1.54) is 18.2 Å². The number of carboxylic acids is 1. The summed E-state index contributed by atoms with van der Waals surface area (Å²) >= 11 is 0. The minimum absolute atomic E-state index is 0.0769. The van der Waals surface area contributed by atoms with Crippen LogP contribution in [-0.4, -0.2) is 29.0 Å². The van der Waals surface area contributed by atoms with Crippen molar-refractivity contribution in [2.24, 2.45) is 4.99 Å². The lowest BCUT2D eigenvalue weighted by molar-refractivity contribution is -0.137. The van der Waals surface area contributed by atoms with E-state index in [0.717, 1.165) is 30.7 Å². The molecule has 1 heterocycles. The highest BCUT2D eigenvalue weighted by atomic mass is 19.4. The lowest BCUT2D eigenvalue weighted by Gasteiger charge is -2.11. The third-order valence-electron chi connectivity index (χ3n) is 5.20. The molecular formula is C27H24F3NO4. The van der Waals surface area contributed by atoms with E-state index in [0.29, 0.717) is 43.1 Å². The quantitative estimate of drug-likeness (QED) is 0.368. The Morgan fingerprint density at radius 1 is 1.09 bits per heavy atom. The van der Waals surface area contributed by atoms with Crippen molar-refractivity contribution in [1.82, 2.24) is 0 Å². The summed E-state index contributed by atoms with van der Waals surface area (Å²) < 4.78 is 45.7. The first-order chi connectivity index (χ1) is 16.7. The summed E-state index contributed by atoms with van der Waals surface area (Å²) in [6, 6.07) is 7.24. The number of aliphatic imine (C=N–C) groups is 1. The van der Waals surface area contributed by atoms with Gasteiger partial charge in [0.15, 0.2) is 0 Å². The van der Waals surface area contributed by atoms with Crippen molar-refractivity contribution >= 4 is 12.2 Å². The van der Waals surface area contributed by atoms with Crippen LogP contribution in [0.25, 0.3) is 0 Å². The zero-order chi connectivity index (χ0) is 25.3. The molecule has 0 unspecified atom stereocenters. The van der Waals surface area contributed by atoms with Crippen molar-refractivity contribution in [2.45, 2.75) is 38.3 Å². The maximum Gasteiger partial charge on any atom is 0.417 e. The Kier molecular flexibility index (Phi) is 8.74. The van der Waals surface area contributed by atoms with Crippen LogP contribution in [0.4, 0.5) is 13.2 Å². The number of hydrogen-bond acceptors (Lipinski definition) is 4. The molecule has 0 aliphatic carbocycles. The third-order valence-corrected chi connectivity index (χ3v) is 5.20. The predicted molar refractivity (Wildman–Crippen MR) is 126 cm³/mol. The van der Waals surface area contributed by atoms with Gasteiger partial charge in [0.1, 0.15) is 11.5 Å². The number of alkyl halides is 3. The van der Waals surface area contributed by atoms with Crippen LogP contribution in [0.15, 0.2) is 65.5 Å². The first kappa shape index (κ1) is 25.6. The summed E-state index contributed by atoms with van der Waals surface area (Å²) in [5.74, 6) is 4.46. The third kappa shape index (κ3) is 7.78. The van der Waals surface area contributed by atoms with Crippen LogP contribution in [0.1, 0.15) is 58.3 Å². The number of halogens is 3. The van der Waals surface area contributed by atoms with Crippen molar-refractivity contribution in [3.63, 3.8) is 0 Å². The van der Waals surface area contributed by atoms with Gasteiger partial charge in [0.25, 0.3) is 0 Å². The molecule has 0 saturated carbocycles. The fourth-order valence-electron chi connectivity index (χ4n) is 3.42. The van der Waals surface area contributed by atoms with E-state index in [-0.39, 0.29) is 11.1 Å². The Balaban J connectivity index is 1.72. The van der Waals surface area contributed by atoms with Crippen molar-refractivity contribution in [2.75, 3.05) is 6.61 Å². The minimum atomic E-state index is -4.67. The number of allylic oxidation sites excluding steroid dienone is 3. The standard InChI is InChI=1S/C27H24F3NO4/c28-27(29,30)25-17-23(32)13-12-20(25)10-8-19-9-11-22(26(33)34)16-21(19)6-3-5-15-35-24-7-2-1-4-14-31-18-24/h1,4,9,11-14,16-18,32H,2-3,5-7,15H2,(H,33,34)/b4-1-,24-18+,31-14-. The second kappa shape index (κ2) is 11.9. The number of carboxylic acid groups (broad SMARTS) is 1. The number of nitrogens with zero attached hydrogens (tertiary/aromatic N) is 1. The average molecular weight is 483 g/mol. The molecule has 182 valence electrons. The van der Waals surface area contributed by atoms with Gasteiger partial charge in [-0.05, 0) is 73.7 Å². The maximum atomic E-state index is 13.3. The molecular weight excluding hydrogens is 459 g/mol. The summed E-state index contributed by atoms with van der Waals surface area (Å²) in [7, 11) is 0. The predicted octanol–water partition coefficient (Wildman–Crippen LogP) is 6.11. The SMILES string of the molecule is O=C(O)c1ccc(C#Cc2ccc(O)cc2C(F)(F)F)c(CCCCO/C2=C/N=C\C=C/CC2)c1. The van der Waals surface area contributed by atoms with E-state index in [1.54, 1.807) is 12.4 Å². The van der Waals surface area contributed by atoms with Crippen LogP contribution in [0.2, 0.25) is 0 Å². The molecule has 0 saturated heterocycles. The zero-order valence-corrected chi connectivity index (χ0v) is 18.8. The van der Waals surface area contributed by atoms with Crippen molar-refractivity contribution in [3.05, 3.63) is 88.3 Å². The van der Waals surface area contributed by atoms with Gasteiger partial charge >= 0.3 is 12.1 Å². The number of rotatable bonds is 7. The number of aromatic hydroxyl groups is 1. The van der Waals surface area contributed by atoms with Crippen LogP contribution in [-0.2, 0) is 17.3 Å². The van der Waals surface area contributed by atoms with Crippen LogP contribution in [0.3, 0.4) is 0 Å². The van der Waals surface area contributed by atoms with Crippen LogP contribution >= 0.6 is 0 Å². The van der Waals surface area contributed by atoms with Gasteiger partial charge in [0, 0.05) is 23.8 Å². The molecule has 8 heteroatoms. The zero-order valence-electron chi connectivity index (χ0n) is 18.8. The average Bonchev–Trinajstić information content (AvgIpc) is 2.78. The number of unbranched alkanes of at least 4 members (excludes halogenated alkanes) is 1. The Bertz CT molecular complexity index is 1220. The molecule has 35 heavy (non-hydrogen) atoms. The normalized spacial score (nSPS) is 16.6. The first-order valence-electron chi connectivity index (χ1n) is 11.0. The largest absolute Gasteiger partial charge is 0.508 e. The number of aryl methyl sites for hydroxylation is 1. The summed E-state index contributed by atoms with van der Waals surface area (Å²) in [6.45, 7) is 0.465. The lowest BCUT2D eigenvalue weighted by atomic mass is 9.98. The molecule has 0 fully saturated rings. The number of aromatic carboxylic acids is 1. The fraction of sp³-hybridized carbons (Fsp3) is 0.259. The number of ether oxygens (including phenoxy) is 1. The van der Waals surface area contributed by atoms with Gasteiger partial charge in [-0.1, -0.05) is 17.9 Å². The molecule has 0 radical (unpaired) electrons. The number of phenolic OH excluding ortho intramolecular Hbond substituents is 1. The van der Waals surface area contributed by atoms with E-state index in [9.17, 15) is 28.2 Å². The van der Waals surface area contributed by atoms with Crippen LogP contribution < -0.4 is 0 Å². The Morgan fingerprint density at radius 2 is 1.86 bits per heavy atom. The summed E-state index contributed by atoms with van der Waals surface area (Å²) in [4.78, 5) is 15.5. The van der Waals surface area contributed by atoms with E-state index in [2.05, 4.69) is 16.8 Å². The van der Waals surface area contributed by atoms with Gasteiger partial charge in [-0.2, -0.15) is 13.2 Å². The van der Waals surface area contributed by atoms with Gasteiger partial charge in [-0.25, -0.2) is 4.79 Å². The molecule has 5 nitrogen and oxygen atoms in total. The Hall–Kier alpha value is -3.99. The highest BCUT2D eigenvalue weighted by Gasteiger charge is 2.33. The molecule has 0 bridgehead atoms. The summed E-state index contributed by atoms with van der Waals surface area (Å²) in [5, 5.41) is 18.8. The minimum Gasteiger partial charge on any atom is -0.508 e. The highest BCUT2D eigenvalue weighted by molar-refractivity contribution is 5.88. The number of hydrogen-bond donors (Lipinski definition) is 2. The molecule has 0 atom stereocenters. The maximum absolute atomic E-state index is 13.3. The van der Waals surface area contributed by atoms with E-state index in [4.69, 9.17) is 4.74 Å². The second-order valence-corrected chi connectivity index (χ2v) is 7.82. The fourth-order valence-corrected chi connectivity index (χ4v) is 3.42. The van der Waals surface area contributed by atoms with Gasteiger partial charge < -0.3 is 14.9 Å². The highest BCUT2D eigenvalue weighted by Crippen LogP contribution is 2.33. The second-order valence-electron chi connectivity index (χ2n) is 7.82. The number of benzene rings is 2. The van der Waals surface area contributed by atoms with E-state index < -0.39 is 23.5 Å². The van der Waals surface area contributed by atoms with Crippen LogP contribution in [0, 0.1) is 11.8 Å². The summed E-state index contributed by atoms with van der Waals surface area (Å²) in [5.41, 5.74) is -0.158. The first-order valence-corrected chi connectivity index (χ1v) is 11.0. The van der Waals surface area contributed by atoms with Gasteiger partial charge in [0.05, 0.1) is 23.9 Å². The number of carbonyl (C=O) groups is 1. The molecule has 0 spiro atoms. The monoisotopic (exact) mass is 483 g/mol. The topological polar surface area (TPSA) is 79.1 Å². The molecule has 0 aromatic heterocycles. The van der Waals surface area contributed by atoms with Crippen LogP contribution in [0.5, 0.6) is 5.75 Å². The molecule has 2 aromatic carbocycles. The molecule has 1 aliphatic rings. The Morgan fingerprint density at radius 3 is 2.63 bits per heavy atom. The molecule has 1 aliphatic heterocycles. The Labute approximate surface area is 201 Å². The molecule has 2 aromatic rings. The lowest BCUT2D eigenvalue weighted by Crippen LogP contribution is -2.07. The van der Waals surface area contributed by atoms with E-state index in [1.807, 2.05) is 12.2 Å². The number of phenols is 1. The molecule has 0 amide bonds. The molecule has 3 rings (SSSR count). The van der Waals surface area contributed by atoms with Crippen molar-refractivity contribution in [3.8, 4) is 17.6 Å². The molecule has 2 N–H and O–H groups in total. The van der Waals surface area contributed by atoms with E-state index >= 15 is 0 Å². The van der Waals surface area contributed by atoms with Gasteiger partial charge in [0.2, 0.25) is 0 Å². The summed E-state index contributed by atoms with van der Waals surface area (Å²) in [6.07, 6.45) is 6.05. The smallest absolute Gasteiger partial charge is 0.417 e. The van der Waals surface area contributed by atoms with Crippen molar-refractivity contribution < 1.29 is 32.9 Å². The van der Waals surface area contributed by atoms with Crippen molar-refractivity contribution in [1.29, 1.82) is 0 Å². The van der Waals surface area contributed by atoms with Gasteiger partial charge in [-0.15, -0.1) is 0 Å². The van der Waals surface area contributed by atoms with Gasteiger partial charge in [-0.3, -0.25) is 4.99 Å².